The molecule has 30 heavy (non-hydrogen) atoms. The van der Waals surface area contributed by atoms with E-state index in [0.29, 0.717) is 37.7 Å². The topological polar surface area (TPSA) is 66.9 Å². The summed E-state index contributed by atoms with van der Waals surface area (Å²) in [4.78, 5) is 14.6. The van der Waals surface area contributed by atoms with Crippen molar-refractivity contribution >= 4 is 15.9 Å². The highest BCUT2D eigenvalue weighted by molar-refractivity contribution is 7.89. The van der Waals surface area contributed by atoms with E-state index in [1.807, 2.05) is 43.3 Å². The number of carbonyl (C=O) groups is 1. The standard InChI is InChI=1S/C23H28N2O4S/c1-18-5-8-21(9-6-18)29-16-11-23(26)24-12-14-25(15-13-24)30(27,28)22-10-7-19-3-2-4-20(19)17-22/h5-10,17H,2-4,11-16H2,1H3. The Morgan fingerprint density at radius 2 is 1.67 bits per heavy atom. The molecular weight excluding hydrogens is 400 g/mol. The molecule has 2 aromatic rings. The number of aryl methyl sites for hydroxylation is 3. The van der Waals surface area contributed by atoms with Crippen LogP contribution in [0.4, 0.5) is 0 Å². The summed E-state index contributed by atoms with van der Waals surface area (Å²) in [7, 11) is -3.52. The van der Waals surface area contributed by atoms with Crippen molar-refractivity contribution in [1.82, 2.24) is 9.21 Å². The molecule has 1 aliphatic carbocycles. The van der Waals surface area contributed by atoms with Gasteiger partial charge in [0.15, 0.2) is 0 Å². The summed E-state index contributed by atoms with van der Waals surface area (Å²) in [5.74, 6) is 0.746. The number of hydrogen-bond donors (Lipinski definition) is 0. The molecule has 0 atom stereocenters. The average molecular weight is 429 g/mol. The molecule has 0 spiro atoms. The predicted molar refractivity (Wildman–Crippen MR) is 115 cm³/mol. The van der Waals surface area contributed by atoms with E-state index in [4.69, 9.17) is 4.74 Å². The second-order valence-corrected chi connectivity index (χ2v) is 9.92. The van der Waals surface area contributed by atoms with Gasteiger partial charge >= 0.3 is 0 Å². The van der Waals surface area contributed by atoms with Gasteiger partial charge in [-0.3, -0.25) is 4.79 Å². The summed E-state index contributed by atoms with van der Waals surface area (Å²) in [6.07, 6.45) is 3.36. The third kappa shape index (κ3) is 4.52. The molecule has 1 aliphatic heterocycles. The third-order valence-corrected chi connectivity index (χ3v) is 7.80. The van der Waals surface area contributed by atoms with E-state index in [1.54, 1.807) is 11.0 Å². The fraction of sp³-hybridized carbons (Fsp3) is 0.435. The molecule has 7 heteroatoms. The highest BCUT2D eigenvalue weighted by atomic mass is 32.2. The Labute approximate surface area is 178 Å². The summed E-state index contributed by atoms with van der Waals surface area (Å²) in [6.45, 7) is 3.79. The smallest absolute Gasteiger partial charge is 0.243 e. The van der Waals surface area contributed by atoms with E-state index < -0.39 is 10.0 Å². The lowest BCUT2D eigenvalue weighted by Crippen LogP contribution is -2.50. The molecule has 0 unspecified atom stereocenters. The Balaban J connectivity index is 1.28. The number of benzene rings is 2. The molecule has 1 heterocycles. The van der Waals surface area contributed by atoms with Crippen molar-refractivity contribution in [3.05, 3.63) is 59.2 Å². The zero-order valence-electron chi connectivity index (χ0n) is 17.3. The first kappa shape index (κ1) is 20.9. The van der Waals surface area contributed by atoms with E-state index in [1.165, 1.54) is 9.87 Å². The lowest BCUT2D eigenvalue weighted by Gasteiger charge is -2.34. The highest BCUT2D eigenvalue weighted by Crippen LogP contribution is 2.26. The molecule has 0 radical (unpaired) electrons. The molecule has 0 saturated carbocycles. The van der Waals surface area contributed by atoms with E-state index in [9.17, 15) is 13.2 Å². The maximum atomic E-state index is 13.0. The van der Waals surface area contributed by atoms with Crippen molar-refractivity contribution in [1.29, 1.82) is 0 Å². The average Bonchev–Trinajstić information content (AvgIpc) is 3.23. The fourth-order valence-corrected chi connectivity index (χ4v) is 5.56. The molecule has 4 rings (SSSR count). The summed E-state index contributed by atoms with van der Waals surface area (Å²) in [5, 5.41) is 0. The summed E-state index contributed by atoms with van der Waals surface area (Å²) in [6, 6.07) is 13.2. The van der Waals surface area contributed by atoms with Crippen molar-refractivity contribution in [2.24, 2.45) is 0 Å². The van der Waals surface area contributed by atoms with Gasteiger partial charge in [0.05, 0.1) is 17.9 Å². The number of ether oxygens (including phenoxy) is 1. The molecule has 2 aliphatic rings. The van der Waals surface area contributed by atoms with Gasteiger partial charge in [-0.15, -0.1) is 0 Å². The van der Waals surface area contributed by atoms with Gasteiger partial charge in [0.2, 0.25) is 15.9 Å². The number of carbonyl (C=O) groups excluding carboxylic acids is 1. The minimum absolute atomic E-state index is 0.00306. The number of fused-ring (bicyclic) bond motifs is 1. The first-order valence-electron chi connectivity index (χ1n) is 10.5. The van der Waals surface area contributed by atoms with Gasteiger partial charge in [0.25, 0.3) is 0 Å². The molecule has 1 amide bonds. The maximum absolute atomic E-state index is 13.0. The van der Waals surface area contributed by atoms with Crippen molar-refractivity contribution in [2.45, 2.75) is 37.5 Å². The van der Waals surface area contributed by atoms with Crippen molar-refractivity contribution < 1.29 is 17.9 Å². The zero-order valence-corrected chi connectivity index (χ0v) is 18.2. The minimum atomic E-state index is -3.52. The Kier molecular flexibility index (Phi) is 6.11. The Morgan fingerprint density at radius 3 is 2.40 bits per heavy atom. The SMILES string of the molecule is Cc1ccc(OCCC(=O)N2CCN(S(=O)(=O)c3ccc4c(c3)CCC4)CC2)cc1. The highest BCUT2D eigenvalue weighted by Gasteiger charge is 2.30. The molecule has 0 aromatic heterocycles. The van der Waals surface area contributed by atoms with Crippen LogP contribution in [0.25, 0.3) is 0 Å². The molecule has 6 nitrogen and oxygen atoms in total. The Hall–Kier alpha value is -2.38. The molecule has 160 valence electrons. The third-order valence-electron chi connectivity index (χ3n) is 5.90. The van der Waals surface area contributed by atoms with E-state index in [-0.39, 0.29) is 12.3 Å². The van der Waals surface area contributed by atoms with Crippen LogP contribution >= 0.6 is 0 Å². The van der Waals surface area contributed by atoms with Crippen LogP contribution < -0.4 is 4.74 Å². The number of nitrogens with zero attached hydrogens (tertiary/aromatic N) is 2. The van der Waals surface area contributed by atoms with Crippen LogP contribution in [0.3, 0.4) is 0 Å². The molecular formula is C23H28N2O4S. The van der Waals surface area contributed by atoms with Crippen LogP contribution in [-0.4, -0.2) is 56.3 Å². The minimum Gasteiger partial charge on any atom is -0.493 e. The molecule has 1 fully saturated rings. The number of hydrogen-bond acceptors (Lipinski definition) is 4. The van der Waals surface area contributed by atoms with E-state index in [0.717, 1.165) is 36.1 Å². The molecule has 0 N–H and O–H groups in total. The van der Waals surface area contributed by atoms with Crippen LogP contribution in [0.1, 0.15) is 29.5 Å². The largest absolute Gasteiger partial charge is 0.493 e. The summed E-state index contributed by atoms with van der Waals surface area (Å²) in [5.41, 5.74) is 3.57. The summed E-state index contributed by atoms with van der Waals surface area (Å²) >= 11 is 0. The predicted octanol–water partition coefficient (Wildman–Crippen LogP) is 2.79. The molecule has 0 bridgehead atoms. The van der Waals surface area contributed by atoms with Crippen LogP contribution in [0.5, 0.6) is 5.75 Å². The van der Waals surface area contributed by atoms with Crippen molar-refractivity contribution in [2.75, 3.05) is 32.8 Å². The van der Waals surface area contributed by atoms with Gasteiger partial charge in [-0.1, -0.05) is 23.8 Å². The van der Waals surface area contributed by atoms with Gasteiger partial charge in [0.1, 0.15) is 5.75 Å². The van der Waals surface area contributed by atoms with Gasteiger partial charge < -0.3 is 9.64 Å². The van der Waals surface area contributed by atoms with Crippen molar-refractivity contribution in [3.63, 3.8) is 0 Å². The van der Waals surface area contributed by atoms with Gasteiger partial charge in [0, 0.05) is 26.2 Å². The van der Waals surface area contributed by atoms with Crippen LogP contribution in [0.15, 0.2) is 47.4 Å². The number of rotatable bonds is 6. The Bertz CT molecular complexity index is 1010. The normalized spacial score (nSPS) is 17.0. The molecule has 2 aromatic carbocycles. The monoisotopic (exact) mass is 428 g/mol. The molecule has 1 saturated heterocycles. The van der Waals surface area contributed by atoms with Gasteiger partial charge in [-0.25, -0.2) is 8.42 Å². The van der Waals surface area contributed by atoms with Gasteiger partial charge in [-0.05, 0) is 61.6 Å². The quantitative estimate of drug-likeness (QED) is 0.710. The van der Waals surface area contributed by atoms with Crippen LogP contribution in [-0.2, 0) is 27.7 Å². The fourth-order valence-electron chi connectivity index (χ4n) is 4.08. The number of sulfonamides is 1. The second-order valence-electron chi connectivity index (χ2n) is 7.98. The lowest BCUT2D eigenvalue weighted by molar-refractivity contribution is -0.132. The Morgan fingerprint density at radius 1 is 0.967 bits per heavy atom. The van der Waals surface area contributed by atoms with Crippen LogP contribution in [0, 0.1) is 6.92 Å². The first-order chi connectivity index (χ1) is 14.4. The maximum Gasteiger partial charge on any atom is 0.243 e. The van der Waals surface area contributed by atoms with Gasteiger partial charge in [-0.2, -0.15) is 4.31 Å². The van der Waals surface area contributed by atoms with E-state index >= 15 is 0 Å². The number of piperazine rings is 1. The lowest BCUT2D eigenvalue weighted by atomic mass is 10.1. The van der Waals surface area contributed by atoms with Crippen LogP contribution in [0.2, 0.25) is 0 Å². The summed E-state index contributed by atoms with van der Waals surface area (Å²) < 4.78 is 33.2. The zero-order chi connectivity index (χ0) is 21.1. The first-order valence-corrected chi connectivity index (χ1v) is 12.0. The van der Waals surface area contributed by atoms with E-state index in [2.05, 4.69) is 0 Å². The second kappa shape index (κ2) is 8.78. The number of amides is 1. The van der Waals surface area contributed by atoms with Crippen molar-refractivity contribution in [3.8, 4) is 5.75 Å².